The molecule has 0 spiro atoms. The molecule has 2 rings (SSSR count). The summed E-state index contributed by atoms with van der Waals surface area (Å²) < 4.78 is 5.27. The second-order valence-corrected chi connectivity index (χ2v) is 5.03. The standard InChI is InChI=1S/C12H11BrN2O4/c1-19-12(18)7-3-10(17)15(5-7)11-8(6-16)2-9(13)4-14-11/h2,4,6-7H,3,5H2,1H3. The van der Waals surface area contributed by atoms with Crippen molar-refractivity contribution in [1.82, 2.24) is 4.98 Å². The molecule has 1 saturated heterocycles. The zero-order chi connectivity index (χ0) is 14.0. The van der Waals surface area contributed by atoms with Gasteiger partial charge in [0.25, 0.3) is 0 Å². The van der Waals surface area contributed by atoms with Gasteiger partial charge in [0, 0.05) is 23.6 Å². The van der Waals surface area contributed by atoms with Crippen molar-refractivity contribution in [2.24, 2.45) is 5.92 Å². The number of hydrogen-bond donors (Lipinski definition) is 0. The van der Waals surface area contributed by atoms with Crippen LogP contribution in [0.25, 0.3) is 0 Å². The van der Waals surface area contributed by atoms with Crippen molar-refractivity contribution in [3.63, 3.8) is 0 Å². The molecule has 1 atom stereocenters. The van der Waals surface area contributed by atoms with Gasteiger partial charge in [0.05, 0.1) is 18.6 Å². The number of aromatic nitrogens is 1. The first-order valence-corrected chi connectivity index (χ1v) is 6.35. The number of aldehydes is 1. The second kappa shape index (κ2) is 5.48. The molecule has 1 aromatic heterocycles. The summed E-state index contributed by atoms with van der Waals surface area (Å²) in [5.74, 6) is -0.911. The molecule has 7 heteroatoms. The molecule has 19 heavy (non-hydrogen) atoms. The van der Waals surface area contributed by atoms with E-state index in [0.717, 1.165) is 0 Å². The van der Waals surface area contributed by atoms with E-state index in [0.29, 0.717) is 16.3 Å². The highest BCUT2D eigenvalue weighted by atomic mass is 79.9. The lowest BCUT2D eigenvalue weighted by Crippen LogP contribution is -2.28. The number of anilines is 1. The van der Waals surface area contributed by atoms with Crippen molar-refractivity contribution < 1.29 is 19.1 Å². The fourth-order valence-electron chi connectivity index (χ4n) is 2.00. The summed E-state index contributed by atoms with van der Waals surface area (Å²) in [6, 6.07) is 1.58. The van der Waals surface area contributed by atoms with E-state index >= 15 is 0 Å². The number of esters is 1. The van der Waals surface area contributed by atoms with Crippen molar-refractivity contribution in [2.45, 2.75) is 6.42 Å². The maximum Gasteiger partial charge on any atom is 0.311 e. The molecule has 0 radical (unpaired) electrons. The lowest BCUT2D eigenvalue weighted by atomic mass is 10.1. The van der Waals surface area contributed by atoms with E-state index in [-0.39, 0.29) is 24.7 Å². The zero-order valence-electron chi connectivity index (χ0n) is 10.1. The summed E-state index contributed by atoms with van der Waals surface area (Å²) in [6.45, 7) is 0.182. The van der Waals surface area contributed by atoms with Crippen LogP contribution < -0.4 is 4.90 Å². The number of pyridine rings is 1. The number of halogens is 1. The summed E-state index contributed by atoms with van der Waals surface area (Å²) in [6.07, 6.45) is 2.20. The van der Waals surface area contributed by atoms with Crippen molar-refractivity contribution in [1.29, 1.82) is 0 Å². The molecule has 0 bridgehead atoms. The maximum atomic E-state index is 11.9. The number of carbonyl (C=O) groups is 3. The minimum atomic E-state index is -0.512. The molecule has 6 nitrogen and oxygen atoms in total. The minimum Gasteiger partial charge on any atom is -0.469 e. The fourth-order valence-corrected chi connectivity index (χ4v) is 2.35. The molecule has 1 amide bonds. The van der Waals surface area contributed by atoms with Crippen molar-refractivity contribution in [2.75, 3.05) is 18.6 Å². The van der Waals surface area contributed by atoms with E-state index in [4.69, 9.17) is 0 Å². The predicted octanol–water partition coefficient (Wildman–Crippen LogP) is 1.18. The lowest BCUT2D eigenvalue weighted by molar-refractivity contribution is -0.145. The lowest BCUT2D eigenvalue weighted by Gasteiger charge is -2.16. The molecule has 1 unspecified atom stereocenters. The third-order valence-electron chi connectivity index (χ3n) is 2.90. The van der Waals surface area contributed by atoms with Crippen LogP contribution in [0, 0.1) is 5.92 Å². The Morgan fingerprint density at radius 2 is 2.37 bits per heavy atom. The van der Waals surface area contributed by atoms with Crippen LogP contribution in [-0.4, -0.2) is 36.8 Å². The molecule has 100 valence electrons. The SMILES string of the molecule is COC(=O)C1CC(=O)N(c2ncc(Br)cc2C=O)C1. The number of methoxy groups -OCH3 is 1. The number of carbonyl (C=O) groups excluding carboxylic acids is 3. The molecule has 1 fully saturated rings. The first-order chi connectivity index (χ1) is 9.06. The predicted molar refractivity (Wildman–Crippen MR) is 69.8 cm³/mol. The van der Waals surface area contributed by atoms with E-state index in [2.05, 4.69) is 25.7 Å². The van der Waals surface area contributed by atoms with Gasteiger partial charge in [-0.15, -0.1) is 0 Å². The summed E-state index contributed by atoms with van der Waals surface area (Å²) in [4.78, 5) is 39.8. The number of nitrogens with zero attached hydrogens (tertiary/aromatic N) is 2. The van der Waals surface area contributed by atoms with Crippen molar-refractivity contribution in [3.05, 3.63) is 22.3 Å². The second-order valence-electron chi connectivity index (χ2n) is 4.11. The highest BCUT2D eigenvalue weighted by Crippen LogP contribution is 2.27. The van der Waals surface area contributed by atoms with E-state index in [9.17, 15) is 14.4 Å². The van der Waals surface area contributed by atoms with Gasteiger partial charge in [-0.05, 0) is 22.0 Å². The van der Waals surface area contributed by atoms with Crippen LogP contribution in [0.15, 0.2) is 16.7 Å². The van der Waals surface area contributed by atoms with Crippen LogP contribution in [0.5, 0.6) is 0 Å². The van der Waals surface area contributed by atoms with Gasteiger partial charge in [-0.3, -0.25) is 19.3 Å². The van der Waals surface area contributed by atoms with Crippen LogP contribution >= 0.6 is 15.9 Å². The van der Waals surface area contributed by atoms with Gasteiger partial charge in [-0.2, -0.15) is 0 Å². The Kier molecular flexibility index (Phi) is 3.94. The topological polar surface area (TPSA) is 76.6 Å². The van der Waals surface area contributed by atoms with Crippen LogP contribution in [0.1, 0.15) is 16.8 Å². The summed E-state index contributed by atoms with van der Waals surface area (Å²) >= 11 is 3.21. The molecule has 2 heterocycles. The fraction of sp³-hybridized carbons (Fsp3) is 0.333. The van der Waals surface area contributed by atoms with Crippen LogP contribution in [0.2, 0.25) is 0 Å². The largest absolute Gasteiger partial charge is 0.469 e. The summed E-state index contributed by atoms with van der Waals surface area (Å²) in [5, 5.41) is 0. The highest BCUT2D eigenvalue weighted by molar-refractivity contribution is 9.10. The number of ether oxygens (including phenoxy) is 1. The molecule has 0 aromatic carbocycles. The Morgan fingerprint density at radius 3 is 3.00 bits per heavy atom. The van der Waals surface area contributed by atoms with Gasteiger partial charge in [0.15, 0.2) is 6.29 Å². The van der Waals surface area contributed by atoms with Crippen molar-refractivity contribution >= 4 is 39.9 Å². The number of rotatable bonds is 3. The van der Waals surface area contributed by atoms with Gasteiger partial charge in [0.1, 0.15) is 5.82 Å². The Hall–Kier alpha value is -1.76. The van der Waals surface area contributed by atoms with E-state index < -0.39 is 11.9 Å². The monoisotopic (exact) mass is 326 g/mol. The molecule has 0 saturated carbocycles. The van der Waals surface area contributed by atoms with Crippen molar-refractivity contribution in [3.8, 4) is 0 Å². The van der Waals surface area contributed by atoms with Gasteiger partial charge in [0.2, 0.25) is 5.91 Å². The minimum absolute atomic E-state index is 0.0721. The Balaban J connectivity index is 2.30. The molecular weight excluding hydrogens is 316 g/mol. The Morgan fingerprint density at radius 1 is 1.63 bits per heavy atom. The first-order valence-electron chi connectivity index (χ1n) is 5.55. The molecule has 0 aliphatic carbocycles. The summed E-state index contributed by atoms with van der Waals surface area (Å²) in [7, 11) is 1.28. The van der Waals surface area contributed by atoms with Gasteiger partial charge >= 0.3 is 5.97 Å². The van der Waals surface area contributed by atoms with Crippen LogP contribution in [0.4, 0.5) is 5.82 Å². The van der Waals surface area contributed by atoms with E-state index in [1.807, 2.05) is 0 Å². The molecule has 1 aliphatic heterocycles. The van der Waals surface area contributed by atoms with E-state index in [1.165, 1.54) is 18.2 Å². The van der Waals surface area contributed by atoms with Crippen LogP contribution in [-0.2, 0) is 14.3 Å². The third-order valence-corrected chi connectivity index (χ3v) is 3.34. The van der Waals surface area contributed by atoms with E-state index in [1.54, 1.807) is 6.07 Å². The van der Waals surface area contributed by atoms with Gasteiger partial charge < -0.3 is 4.74 Å². The van der Waals surface area contributed by atoms with Crippen LogP contribution in [0.3, 0.4) is 0 Å². The molecular formula is C12H11BrN2O4. The number of hydrogen-bond acceptors (Lipinski definition) is 5. The number of amides is 1. The molecule has 0 N–H and O–H groups in total. The summed E-state index contributed by atoms with van der Waals surface area (Å²) in [5.41, 5.74) is 0.299. The Bertz CT molecular complexity index is 547. The van der Waals surface area contributed by atoms with Gasteiger partial charge in [-0.25, -0.2) is 4.98 Å². The first kappa shape index (κ1) is 13.7. The average Bonchev–Trinajstić information content (AvgIpc) is 2.79. The Labute approximate surface area is 117 Å². The zero-order valence-corrected chi connectivity index (χ0v) is 11.7. The third kappa shape index (κ3) is 2.65. The average molecular weight is 327 g/mol. The maximum absolute atomic E-state index is 11.9. The quantitative estimate of drug-likeness (QED) is 0.615. The molecule has 1 aliphatic rings. The smallest absolute Gasteiger partial charge is 0.311 e. The highest BCUT2D eigenvalue weighted by Gasteiger charge is 2.37. The molecule has 1 aromatic rings. The van der Waals surface area contributed by atoms with Gasteiger partial charge in [-0.1, -0.05) is 0 Å². The normalized spacial score (nSPS) is 18.5.